The molecule has 0 aliphatic heterocycles. The smallest absolute Gasteiger partial charge is 0.174 e. The first-order valence-electron chi connectivity index (χ1n) is 5.63. The minimum atomic E-state index is 0.0257. The number of nitriles is 1. The van der Waals surface area contributed by atoms with E-state index in [0.29, 0.717) is 12.3 Å². The molecule has 0 fully saturated rings. The molecule has 1 N–H and O–H groups in total. The first-order valence-corrected chi connectivity index (χ1v) is 5.63. The van der Waals surface area contributed by atoms with Crippen LogP contribution in [0.1, 0.15) is 32.2 Å². The first kappa shape index (κ1) is 13.5. The molecule has 0 unspecified atom stereocenters. The van der Waals surface area contributed by atoms with Crippen LogP contribution in [0, 0.1) is 18.3 Å². The lowest BCUT2D eigenvalue weighted by atomic mass is 10.1. The van der Waals surface area contributed by atoms with Crippen molar-refractivity contribution >= 4 is 0 Å². The Bertz CT molecular complexity index is 416. The van der Waals surface area contributed by atoms with E-state index in [2.05, 4.69) is 31.1 Å². The van der Waals surface area contributed by atoms with Gasteiger partial charge in [0.1, 0.15) is 11.8 Å². The van der Waals surface area contributed by atoms with Crippen LogP contribution in [0.25, 0.3) is 0 Å². The van der Waals surface area contributed by atoms with Crippen LogP contribution >= 0.6 is 0 Å². The lowest BCUT2D eigenvalue weighted by Gasteiger charge is -2.21. The fourth-order valence-electron chi connectivity index (χ4n) is 1.31. The predicted molar refractivity (Wildman–Crippen MR) is 66.7 cm³/mol. The Morgan fingerprint density at radius 3 is 2.71 bits per heavy atom. The maximum Gasteiger partial charge on any atom is 0.174 e. The number of aryl methyl sites for hydroxylation is 1. The quantitative estimate of drug-likeness (QED) is 0.866. The van der Waals surface area contributed by atoms with Crippen molar-refractivity contribution in [2.75, 3.05) is 6.61 Å². The van der Waals surface area contributed by atoms with Crippen LogP contribution in [0.4, 0.5) is 0 Å². The van der Waals surface area contributed by atoms with E-state index in [-0.39, 0.29) is 12.1 Å². The summed E-state index contributed by atoms with van der Waals surface area (Å²) in [5, 5.41) is 11.9. The molecule has 0 bridgehead atoms. The summed E-state index contributed by atoms with van der Waals surface area (Å²) in [4.78, 5) is 4.43. The van der Waals surface area contributed by atoms with Gasteiger partial charge in [0, 0.05) is 17.8 Å². The maximum absolute atomic E-state index is 8.52. The molecule has 0 spiro atoms. The summed E-state index contributed by atoms with van der Waals surface area (Å²) < 4.78 is 5.34. The Labute approximate surface area is 103 Å². The molecule has 0 saturated carbocycles. The second-order valence-corrected chi connectivity index (χ2v) is 4.95. The van der Waals surface area contributed by atoms with Crippen LogP contribution in [0.3, 0.4) is 0 Å². The van der Waals surface area contributed by atoms with Crippen LogP contribution < -0.4 is 10.1 Å². The lowest BCUT2D eigenvalue weighted by molar-refractivity contribution is 0.353. The van der Waals surface area contributed by atoms with Crippen molar-refractivity contribution in [3.8, 4) is 11.8 Å². The lowest BCUT2D eigenvalue weighted by Crippen LogP contribution is -2.35. The normalized spacial score (nSPS) is 11.0. The average Bonchev–Trinajstić information content (AvgIpc) is 2.24. The molecule has 0 aromatic carbocycles. The van der Waals surface area contributed by atoms with Gasteiger partial charge in [-0.2, -0.15) is 5.26 Å². The molecule has 1 aromatic rings. The molecule has 0 aliphatic rings. The SMILES string of the molecule is Cc1ccc(OCC#N)c(CNC(C)(C)C)n1. The van der Waals surface area contributed by atoms with Crippen LogP contribution in [0.2, 0.25) is 0 Å². The largest absolute Gasteiger partial charge is 0.477 e. The van der Waals surface area contributed by atoms with Crippen molar-refractivity contribution in [1.82, 2.24) is 10.3 Å². The third kappa shape index (κ3) is 4.83. The Morgan fingerprint density at radius 1 is 1.41 bits per heavy atom. The zero-order chi connectivity index (χ0) is 12.9. The fraction of sp³-hybridized carbons (Fsp3) is 0.538. The van der Waals surface area contributed by atoms with Crippen molar-refractivity contribution in [2.24, 2.45) is 0 Å². The summed E-state index contributed by atoms with van der Waals surface area (Å²) in [7, 11) is 0. The highest BCUT2D eigenvalue weighted by Crippen LogP contribution is 2.17. The van der Waals surface area contributed by atoms with Gasteiger partial charge in [0.15, 0.2) is 6.61 Å². The first-order chi connectivity index (χ1) is 7.92. The van der Waals surface area contributed by atoms with Crippen LogP contribution in [0.5, 0.6) is 5.75 Å². The summed E-state index contributed by atoms with van der Waals surface area (Å²) in [6.07, 6.45) is 0. The van der Waals surface area contributed by atoms with Gasteiger partial charge in [-0.1, -0.05) is 0 Å². The highest BCUT2D eigenvalue weighted by Gasteiger charge is 2.12. The van der Waals surface area contributed by atoms with Gasteiger partial charge < -0.3 is 10.1 Å². The van der Waals surface area contributed by atoms with Gasteiger partial charge in [0.05, 0.1) is 5.69 Å². The number of nitrogens with one attached hydrogen (secondary N) is 1. The third-order valence-corrected chi connectivity index (χ3v) is 2.15. The number of hydrogen-bond acceptors (Lipinski definition) is 4. The highest BCUT2D eigenvalue weighted by molar-refractivity contribution is 5.29. The van der Waals surface area contributed by atoms with E-state index in [4.69, 9.17) is 10.00 Å². The number of pyridine rings is 1. The summed E-state index contributed by atoms with van der Waals surface area (Å²) in [6, 6.07) is 5.70. The van der Waals surface area contributed by atoms with Gasteiger partial charge in [-0.05, 0) is 39.8 Å². The Morgan fingerprint density at radius 2 is 2.12 bits per heavy atom. The number of hydrogen-bond donors (Lipinski definition) is 1. The molecule has 0 saturated heterocycles. The Kier molecular flexibility index (Phi) is 4.47. The van der Waals surface area contributed by atoms with Crippen LogP contribution in [-0.2, 0) is 6.54 Å². The van der Waals surface area contributed by atoms with Crippen molar-refractivity contribution in [1.29, 1.82) is 5.26 Å². The van der Waals surface area contributed by atoms with E-state index in [1.807, 2.05) is 25.1 Å². The molecule has 0 radical (unpaired) electrons. The molecule has 4 nitrogen and oxygen atoms in total. The van der Waals surface area contributed by atoms with Gasteiger partial charge in [0.25, 0.3) is 0 Å². The monoisotopic (exact) mass is 233 g/mol. The van der Waals surface area contributed by atoms with Crippen molar-refractivity contribution in [3.05, 3.63) is 23.5 Å². The van der Waals surface area contributed by atoms with Gasteiger partial charge in [-0.15, -0.1) is 0 Å². The molecule has 92 valence electrons. The van der Waals surface area contributed by atoms with Crippen molar-refractivity contribution in [3.63, 3.8) is 0 Å². The molecule has 0 atom stereocenters. The molecule has 1 aromatic heterocycles. The van der Waals surface area contributed by atoms with Crippen molar-refractivity contribution in [2.45, 2.75) is 39.8 Å². The summed E-state index contributed by atoms with van der Waals surface area (Å²) in [5.41, 5.74) is 1.81. The standard InChI is InChI=1S/C13H19N3O/c1-10-5-6-12(17-8-7-14)11(16-10)9-15-13(2,3)4/h5-6,15H,8-9H2,1-4H3. The van der Waals surface area contributed by atoms with E-state index in [9.17, 15) is 0 Å². The van der Waals surface area contributed by atoms with Gasteiger partial charge in [0.2, 0.25) is 0 Å². The molecule has 1 heterocycles. The van der Waals surface area contributed by atoms with E-state index in [1.54, 1.807) is 0 Å². The van der Waals surface area contributed by atoms with Gasteiger partial charge in [-0.25, -0.2) is 0 Å². The molecule has 4 heteroatoms. The summed E-state index contributed by atoms with van der Waals surface area (Å²) >= 11 is 0. The minimum absolute atomic E-state index is 0.0257. The van der Waals surface area contributed by atoms with Gasteiger partial charge in [-0.3, -0.25) is 4.98 Å². The van der Waals surface area contributed by atoms with Crippen LogP contribution in [0.15, 0.2) is 12.1 Å². The van der Waals surface area contributed by atoms with Gasteiger partial charge >= 0.3 is 0 Å². The topological polar surface area (TPSA) is 57.9 Å². The second-order valence-electron chi connectivity index (χ2n) is 4.95. The molecule has 1 rings (SSSR count). The number of aromatic nitrogens is 1. The van der Waals surface area contributed by atoms with Crippen molar-refractivity contribution < 1.29 is 4.74 Å². The zero-order valence-corrected chi connectivity index (χ0v) is 10.9. The molecule has 17 heavy (non-hydrogen) atoms. The Hall–Kier alpha value is -1.60. The van der Waals surface area contributed by atoms with Crippen LogP contribution in [-0.4, -0.2) is 17.1 Å². The molecular formula is C13H19N3O. The minimum Gasteiger partial charge on any atom is -0.477 e. The number of rotatable bonds is 4. The summed E-state index contributed by atoms with van der Waals surface area (Å²) in [6.45, 7) is 8.91. The third-order valence-electron chi connectivity index (χ3n) is 2.15. The fourth-order valence-corrected chi connectivity index (χ4v) is 1.31. The molecule has 0 aliphatic carbocycles. The average molecular weight is 233 g/mol. The Balaban J connectivity index is 2.80. The maximum atomic E-state index is 8.52. The second kappa shape index (κ2) is 5.65. The highest BCUT2D eigenvalue weighted by atomic mass is 16.5. The zero-order valence-electron chi connectivity index (χ0n) is 10.9. The van der Waals surface area contributed by atoms with E-state index >= 15 is 0 Å². The van der Waals surface area contributed by atoms with E-state index in [0.717, 1.165) is 11.4 Å². The number of ether oxygens (including phenoxy) is 1. The summed E-state index contributed by atoms with van der Waals surface area (Å²) in [5.74, 6) is 0.675. The molecule has 0 amide bonds. The number of nitrogens with zero attached hydrogens (tertiary/aromatic N) is 2. The molecular weight excluding hydrogens is 214 g/mol. The van der Waals surface area contributed by atoms with E-state index < -0.39 is 0 Å². The van der Waals surface area contributed by atoms with E-state index in [1.165, 1.54) is 0 Å². The predicted octanol–water partition coefficient (Wildman–Crippen LogP) is 2.18.